The minimum atomic E-state index is -0.438. The van der Waals surface area contributed by atoms with Crippen molar-refractivity contribution in [3.63, 3.8) is 0 Å². The third-order valence-corrected chi connectivity index (χ3v) is 1.78. The SMILES string of the molecule is CC(=O)c1cc(F)ccc1C#CCCl. The van der Waals surface area contributed by atoms with Crippen molar-refractivity contribution in [3.05, 3.63) is 35.1 Å². The van der Waals surface area contributed by atoms with Gasteiger partial charge in [-0.15, -0.1) is 11.6 Å². The van der Waals surface area contributed by atoms with E-state index in [1.54, 1.807) is 0 Å². The van der Waals surface area contributed by atoms with Crippen molar-refractivity contribution in [2.24, 2.45) is 0 Å². The summed E-state index contributed by atoms with van der Waals surface area (Å²) in [6.45, 7) is 1.38. The highest BCUT2D eigenvalue weighted by Gasteiger charge is 2.06. The minimum Gasteiger partial charge on any atom is -0.294 e. The average Bonchev–Trinajstić information content (AvgIpc) is 2.15. The molecule has 0 aromatic heterocycles. The van der Waals surface area contributed by atoms with Crippen molar-refractivity contribution in [2.45, 2.75) is 6.92 Å². The number of Topliss-reactive ketones (excluding diaryl/α,β-unsaturated/α-hetero) is 1. The number of alkyl halides is 1. The topological polar surface area (TPSA) is 17.1 Å². The summed E-state index contributed by atoms with van der Waals surface area (Å²) in [6, 6.07) is 3.93. The van der Waals surface area contributed by atoms with Gasteiger partial charge in [-0.1, -0.05) is 11.8 Å². The molecule has 0 aliphatic heterocycles. The van der Waals surface area contributed by atoms with Crippen LogP contribution < -0.4 is 0 Å². The smallest absolute Gasteiger partial charge is 0.161 e. The molecule has 1 rings (SSSR count). The summed E-state index contributed by atoms with van der Waals surface area (Å²) in [5.74, 6) is 4.87. The number of ketones is 1. The molecular weight excluding hydrogens is 203 g/mol. The van der Waals surface area contributed by atoms with E-state index in [4.69, 9.17) is 11.6 Å². The van der Waals surface area contributed by atoms with Crippen LogP contribution in [-0.4, -0.2) is 11.7 Å². The first-order valence-corrected chi connectivity index (χ1v) is 4.54. The number of carbonyl (C=O) groups is 1. The fourth-order valence-electron chi connectivity index (χ4n) is 1.05. The van der Waals surface area contributed by atoms with Crippen LogP contribution in [0.5, 0.6) is 0 Å². The fraction of sp³-hybridized carbons (Fsp3) is 0.182. The Balaban J connectivity index is 3.22. The molecule has 0 atom stereocenters. The molecule has 3 heteroatoms. The largest absolute Gasteiger partial charge is 0.294 e. The Morgan fingerprint density at radius 2 is 2.29 bits per heavy atom. The Morgan fingerprint density at radius 1 is 1.57 bits per heavy atom. The Kier molecular flexibility index (Phi) is 3.67. The lowest BCUT2D eigenvalue weighted by molar-refractivity contribution is 0.101. The summed E-state index contributed by atoms with van der Waals surface area (Å²) < 4.78 is 12.8. The van der Waals surface area contributed by atoms with Gasteiger partial charge in [0, 0.05) is 11.1 Å². The summed E-state index contributed by atoms with van der Waals surface area (Å²) >= 11 is 5.38. The van der Waals surface area contributed by atoms with E-state index in [0.717, 1.165) is 0 Å². The van der Waals surface area contributed by atoms with Crippen molar-refractivity contribution >= 4 is 17.4 Å². The summed E-state index contributed by atoms with van der Waals surface area (Å²) in [6.07, 6.45) is 0. The lowest BCUT2D eigenvalue weighted by Crippen LogP contribution is -1.97. The van der Waals surface area contributed by atoms with Crippen molar-refractivity contribution in [1.29, 1.82) is 0 Å². The molecule has 1 nitrogen and oxygen atoms in total. The zero-order valence-corrected chi connectivity index (χ0v) is 8.36. The lowest BCUT2D eigenvalue weighted by Gasteiger charge is -1.99. The molecule has 72 valence electrons. The maximum atomic E-state index is 12.8. The maximum Gasteiger partial charge on any atom is 0.161 e. The van der Waals surface area contributed by atoms with Crippen LogP contribution in [0, 0.1) is 17.7 Å². The Labute approximate surface area is 86.9 Å². The molecule has 14 heavy (non-hydrogen) atoms. The van der Waals surface area contributed by atoms with Crippen LogP contribution in [-0.2, 0) is 0 Å². The number of carbonyl (C=O) groups excluding carboxylic acids is 1. The number of rotatable bonds is 1. The van der Waals surface area contributed by atoms with Gasteiger partial charge in [0.25, 0.3) is 0 Å². The van der Waals surface area contributed by atoms with Crippen LogP contribution in [0.3, 0.4) is 0 Å². The first-order chi connectivity index (χ1) is 6.65. The summed E-state index contributed by atoms with van der Waals surface area (Å²) in [7, 11) is 0. The van der Waals surface area contributed by atoms with Crippen LogP contribution in [0.25, 0.3) is 0 Å². The van der Waals surface area contributed by atoms with Crippen molar-refractivity contribution in [3.8, 4) is 11.8 Å². The minimum absolute atomic E-state index is 0.189. The standard InChI is InChI=1S/C11H8ClFO/c1-8(14)11-7-10(13)5-4-9(11)3-2-6-12/h4-5,7H,6H2,1H3. The molecule has 0 unspecified atom stereocenters. The highest BCUT2D eigenvalue weighted by molar-refractivity contribution is 6.19. The molecule has 0 N–H and O–H groups in total. The van der Waals surface area contributed by atoms with Crippen molar-refractivity contribution in [1.82, 2.24) is 0 Å². The molecule has 0 saturated carbocycles. The Morgan fingerprint density at radius 3 is 2.86 bits per heavy atom. The zero-order chi connectivity index (χ0) is 10.6. The Bertz CT molecular complexity index is 415. The summed E-state index contributed by atoms with van der Waals surface area (Å²) in [4.78, 5) is 11.1. The number of halogens is 2. The highest BCUT2D eigenvalue weighted by Crippen LogP contribution is 2.10. The van der Waals surface area contributed by atoms with Crippen LogP contribution in [0.4, 0.5) is 4.39 Å². The molecule has 1 aromatic rings. The first kappa shape index (κ1) is 10.7. The highest BCUT2D eigenvalue weighted by atomic mass is 35.5. The quantitative estimate of drug-likeness (QED) is 0.396. The molecule has 0 aliphatic rings. The molecule has 0 aliphatic carbocycles. The van der Waals surface area contributed by atoms with Crippen LogP contribution in [0.2, 0.25) is 0 Å². The van der Waals surface area contributed by atoms with E-state index in [0.29, 0.717) is 11.1 Å². The van der Waals surface area contributed by atoms with Gasteiger partial charge in [0.2, 0.25) is 0 Å². The second-order valence-corrected chi connectivity index (χ2v) is 2.95. The third-order valence-electron chi connectivity index (χ3n) is 1.65. The second-order valence-electron chi connectivity index (χ2n) is 2.68. The maximum absolute atomic E-state index is 12.8. The molecular formula is C11H8ClFO. The van der Waals surface area contributed by atoms with Gasteiger partial charge < -0.3 is 0 Å². The molecule has 0 saturated heterocycles. The molecule has 0 amide bonds. The van der Waals surface area contributed by atoms with E-state index in [1.165, 1.54) is 25.1 Å². The zero-order valence-electron chi connectivity index (χ0n) is 7.60. The van der Waals surface area contributed by atoms with E-state index < -0.39 is 5.82 Å². The molecule has 0 spiro atoms. The molecule has 0 radical (unpaired) electrons. The van der Waals surface area contributed by atoms with E-state index in [9.17, 15) is 9.18 Å². The van der Waals surface area contributed by atoms with Crippen molar-refractivity contribution in [2.75, 3.05) is 5.88 Å². The van der Waals surface area contributed by atoms with E-state index in [1.807, 2.05) is 0 Å². The Hall–Kier alpha value is -1.33. The number of hydrogen-bond donors (Lipinski definition) is 0. The van der Waals surface area contributed by atoms with Gasteiger partial charge in [-0.05, 0) is 25.1 Å². The molecule has 1 aromatic carbocycles. The van der Waals surface area contributed by atoms with Crippen molar-refractivity contribution < 1.29 is 9.18 Å². The van der Waals surface area contributed by atoms with Gasteiger partial charge in [0.05, 0.1) is 5.88 Å². The van der Waals surface area contributed by atoms with Crippen LogP contribution in [0.1, 0.15) is 22.8 Å². The molecule has 0 heterocycles. The van der Waals surface area contributed by atoms with Gasteiger partial charge in [0.15, 0.2) is 5.78 Å². The predicted molar refractivity (Wildman–Crippen MR) is 54.0 cm³/mol. The predicted octanol–water partition coefficient (Wildman–Crippen LogP) is 2.62. The van der Waals surface area contributed by atoms with Crippen LogP contribution in [0.15, 0.2) is 18.2 Å². The van der Waals surface area contributed by atoms with Gasteiger partial charge in [-0.2, -0.15) is 0 Å². The third kappa shape index (κ3) is 2.58. The second kappa shape index (κ2) is 4.78. The van der Waals surface area contributed by atoms with Gasteiger partial charge >= 0.3 is 0 Å². The van der Waals surface area contributed by atoms with Gasteiger partial charge in [-0.3, -0.25) is 4.79 Å². The normalized spacial score (nSPS) is 9.07. The van der Waals surface area contributed by atoms with E-state index in [2.05, 4.69) is 11.8 Å². The van der Waals surface area contributed by atoms with Crippen LogP contribution >= 0.6 is 11.6 Å². The lowest BCUT2D eigenvalue weighted by atomic mass is 10.0. The number of hydrogen-bond acceptors (Lipinski definition) is 1. The first-order valence-electron chi connectivity index (χ1n) is 4.00. The summed E-state index contributed by atoms with van der Waals surface area (Å²) in [5, 5.41) is 0. The monoisotopic (exact) mass is 210 g/mol. The molecule has 0 fully saturated rings. The molecule has 0 bridgehead atoms. The average molecular weight is 211 g/mol. The van der Waals surface area contributed by atoms with E-state index >= 15 is 0 Å². The van der Waals surface area contributed by atoms with Gasteiger partial charge in [0.1, 0.15) is 5.82 Å². The van der Waals surface area contributed by atoms with E-state index in [-0.39, 0.29) is 11.7 Å². The van der Waals surface area contributed by atoms with Gasteiger partial charge in [-0.25, -0.2) is 4.39 Å². The fourth-order valence-corrected chi connectivity index (χ4v) is 1.11. The summed E-state index contributed by atoms with van der Waals surface area (Å²) in [5.41, 5.74) is 0.808. The number of benzene rings is 1.